The normalized spacial score (nSPS) is 14.7. The molecule has 0 saturated heterocycles. The zero-order valence-corrected chi connectivity index (χ0v) is 20.0. The van der Waals surface area contributed by atoms with Gasteiger partial charge in [0.25, 0.3) is 0 Å². The Labute approximate surface area is 196 Å². The maximum absolute atomic E-state index is 13.4. The Hall–Kier alpha value is -2.46. The largest absolute Gasteiger partial charge is 0.344 e. The van der Waals surface area contributed by atoms with Gasteiger partial charge in [0.2, 0.25) is 16.9 Å². The van der Waals surface area contributed by atoms with Crippen molar-refractivity contribution in [2.24, 2.45) is 0 Å². The van der Waals surface area contributed by atoms with Crippen LogP contribution >= 0.6 is 11.3 Å². The smallest absolute Gasteiger partial charge is 0.248 e. The van der Waals surface area contributed by atoms with Gasteiger partial charge in [-0.25, -0.2) is 8.78 Å². The molecule has 1 fully saturated rings. The molecule has 3 N–H and O–H groups in total. The van der Waals surface area contributed by atoms with Gasteiger partial charge in [-0.2, -0.15) is 0 Å². The van der Waals surface area contributed by atoms with Crippen LogP contribution in [0.15, 0.2) is 18.2 Å². The summed E-state index contributed by atoms with van der Waals surface area (Å²) in [5.74, 6) is -2.39. The number of hydrogen-bond donors (Lipinski definition) is 3. The van der Waals surface area contributed by atoms with Crippen molar-refractivity contribution in [2.45, 2.75) is 76.8 Å². The summed E-state index contributed by atoms with van der Waals surface area (Å²) in [7, 11) is 0. The van der Waals surface area contributed by atoms with Crippen LogP contribution in [-0.2, 0) is 21.4 Å². The highest BCUT2D eigenvalue weighted by atomic mass is 32.1. The lowest BCUT2D eigenvalue weighted by Crippen LogP contribution is -2.44. The van der Waals surface area contributed by atoms with Crippen LogP contribution in [0, 0.1) is 11.6 Å². The molecule has 10 heteroatoms. The first-order valence-corrected chi connectivity index (χ1v) is 12.1. The number of nitrogens with zero attached hydrogens (tertiary/aromatic N) is 2. The predicted molar refractivity (Wildman–Crippen MR) is 124 cm³/mol. The van der Waals surface area contributed by atoms with Crippen molar-refractivity contribution in [3.8, 4) is 0 Å². The molecule has 1 unspecified atom stereocenters. The molecule has 1 aliphatic rings. The van der Waals surface area contributed by atoms with Crippen molar-refractivity contribution in [1.29, 1.82) is 0 Å². The Morgan fingerprint density at radius 2 is 1.88 bits per heavy atom. The Bertz CT molecular complexity index is 957. The highest BCUT2D eigenvalue weighted by Crippen LogP contribution is 2.31. The lowest BCUT2D eigenvalue weighted by atomic mass is 9.90. The molecule has 0 aliphatic heterocycles. The molecular formula is C23H31F2N5O2S. The molecule has 2 amide bonds. The number of carbonyl (C=O) groups excluding carboxylic acids is 2. The van der Waals surface area contributed by atoms with Crippen LogP contribution in [0.1, 0.15) is 63.4 Å². The number of carbonyl (C=O) groups is 2. The molecule has 1 atom stereocenters. The predicted octanol–water partition coefficient (Wildman–Crippen LogP) is 3.70. The fourth-order valence-corrected chi connectivity index (χ4v) is 4.30. The minimum Gasteiger partial charge on any atom is -0.344 e. The minimum absolute atomic E-state index is 0.181. The number of rotatable bonds is 12. The van der Waals surface area contributed by atoms with Crippen LogP contribution in [-0.4, -0.2) is 40.6 Å². The minimum atomic E-state index is -0.788. The first kappa shape index (κ1) is 25.2. The van der Waals surface area contributed by atoms with Crippen molar-refractivity contribution in [2.75, 3.05) is 11.9 Å². The van der Waals surface area contributed by atoms with Crippen LogP contribution in [0.2, 0.25) is 0 Å². The first-order chi connectivity index (χ1) is 15.7. The molecule has 7 nitrogen and oxygen atoms in total. The molecule has 0 spiro atoms. The summed E-state index contributed by atoms with van der Waals surface area (Å²) in [5.41, 5.74) is 0.0209. The number of hydrogen-bond acceptors (Lipinski definition) is 6. The fraction of sp³-hybridized carbons (Fsp3) is 0.565. The summed E-state index contributed by atoms with van der Waals surface area (Å²) in [5, 5.41) is 18.5. The van der Waals surface area contributed by atoms with Crippen molar-refractivity contribution < 1.29 is 18.4 Å². The van der Waals surface area contributed by atoms with Gasteiger partial charge in [0, 0.05) is 17.5 Å². The van der Waals surface area contributed by atoms with Crippen molar-refractivity contribution >= 4 is 28.3 Å². The topological polar surface area (TPSA) is 96.0 Å². The maximum atomic E-state index is 13.4. The van der Waals surface area contributed by atoms with Gasteiger partial charge in [0.15, 0.2) is 0 Å². The summed E-state index contributed by atoms with van der Waals surface area (Å²) in [6.07, 6.45) is 4.23. The van der Waals surface area contributed by atoms with E-state index in [0.29, 0.717) is 24.0 Å². The van der Waals surface area contributed by atoms with Crippen molar-refractivity contribution in [1.82, 2.24) is 20.8 Å². The van der Waals surface area contributed by atoms with Gasteiger partial charge in [0.05, 0.1) is 6.42 Å². The average molecular weight is 480 g/mol. The van der Waals surface area contributed by atoms with E-state index < -0.39 is 29.5 Å². The summed E-state index contributed by atoms with van der Waals surface area (Å²) in [6, 6.07) is 2.81. The third kappa shape index (κ3) is 7.82. The van der Waals surface area contributed by atoms with Crippen LogP contribution in [0.25, 0.3) is 0 Å². The second-order valence-corrected chi connectivity index (χ2v) is 10.1. The van der Waals surface area contributed by atoms with E-state index in [2.05, 4.69) is 40.0 Å². The number of anilines is 1. The Morgan fingerprint density at radius 1 is 1.18 bits per heavy atom. The maximum Gasteiger partial charge on any atom is 0.248 e. The summed E-state index contributed by atoms with van der Waals surface area (Å²) in [6.45, 7) is 7.00. The SMILES string of the molecule is CCCC(NC(=O)Cc1cc(F)cc(F)c1)C(=O)Nc1nnc(C(C)(C)CCNC2CC2)s1. The average Bonchev–Trinajstić information content (AvgIpc) is 3.41. The van der Waals surface area contributed by atoms with Gasteiger partial charge in [-0.3, -0.25) is 14.9 Å². The van der Waals surface area contributed by atoms with Gasteiger partial charge in [-0.05, 0) is 49.9 Å². The molecule has 180 valence electrons. The highest BCUT2D eigenvalue weighted by molar-refractivity contribution is 7.15. The Morgan fingerprint density at radius 3 is 2.52 bits per heavy atom. The van der Waals surface area contributed by atoms with Gasteiger partial charge in [0.1, 0.15) is 22.7 Å². The van der Waals surface area contributed by atoms with Crippen LogP contribution in [0.4, 0.5) is 13.9 Å². The van der Waals surface area contributed by atoms with E-state index in [-0.39, 0.29) is 17.4 Å². The number of amides is 2. The van der Waals surface area contributed by atoms with Gasteiger partial charge in [-0.1, -0.05) is 38.5 Å². The lowest BCUT2D eigenvalue weighted by Gasteiger charge is -2.21. The Kier molecular flexibility index (Phi) is 8.47. The van der Waals surface area contributed by atoms with Gasteiger partial charge >= 0.3 is 0 Å². The third-order valence-corrected chi connectivity index (χ3v) is 6.72. The highest BCUT2D eigenvalue weighted by Gasteiger charge is 2.28. The zero-order valence-electron chi connectivity index (χ0n) is 19.2. The molecule has 3 rings (SSSR count). The zero-order chi connectivity index (χ0) is 24.0. The molecular weight excluding hydrogens is 448 g/mol. The van der Waals surface area contributed by atoms with E-state index in [4.69, 9.17) is 0 Å². The van der Waals surface area contributed by atoms with Crippen LogP contribution < -0.4 is 16.0 Å². The molecule has 33 heavy (non-hydrogen) atoms. The molecule has 1 saturated carbocycles. The molecule has 0 bridgehead atoms. The van der Waals surface area contributed by atoms with Gasteiger partial charge in [-0.15, -0.1) is 10.2 Å². The van der Waals surface area contributed by atoms with Crippen LogP contribution in [0.3, 0.4) is 0 Å². The molecule has 2 aromatic rings. The van der Waals surface area contributed by atoms with E-state index >= 15 is 0 Å². The fourth-order valence-electron chi connectivity index (χ4n) is 3.42. The molecule has 1 aliphatic carbocycles. The second-order valence-electron chi connectivity index (χ2n) is 9.13. The number of nitrogens with one attached hydrogen (secondary N) is 3. The number of aromatic nitrogens is 2. The van der Waals surface area contributed by atoms with E-state index in [1.54, 1.807) is 0 Å². The number of halogens is 2. The quantitative estimate of drug-likeness (QED) is 0.431. The Balaban J connectivity index is 1.56. The lowest BCUT2D eigenvalue weighted by molar-refractivity contribution is -0.126. The van der Waals surface area contributed by atoms with E-state index in [1.165, 1.54) is 24.2 Å². The van der Waals surface area contributed by atoms with Gasteiger partial charge < -0.3 is 10.6 Å². The van der Waals surface area contributed by atoms with Crippen molar-refractivity contribution in [3.05, 3.63) is 40.4 Å². The molecule has 1 heterocycles. The monoisotopic (exact) mass is 479 g/mol. The first-order valence-electron chi connectivity index (χ1n) is 11.3. The summed E-state index contributed by atoms with van der Waals surface area (Å²) < 4.78 is 26.7. The van der Waals surface area contributed by atoms with E-state index in [1.807, 2.05) is 6.92 Å². The molecule has 1 aromatic heterocycles. The standard InChI is InChI=1S/C23H31F2N5O2S/c1-4-5-18(27-19(31)12-14-10-15(24)13-16(25)11-14)20(32)28-22-30-29-21(33-22)23(2,3)8-9-26-17-6-7-17/h10-11,13,17-18,26H,4-9,12H2,1-3H3,(H,27,31)(H,28,30,32). The molecule has 1 aromatic carbocycles. The van der Waals surface area contributed by atoms with Crippen LogP contribution in [0.5, 0.6) is 0 Å². The van der Waals surface area contributed by atoms with E-state index in [0.717, 1.165) is 36.2 Å². The second kappa shape index (κ2) is 11.1. The van der Waals surface area contributed by atoms with E-state index in [9.17, 15) is 18.4 Å². The van der Waals surface area contributed by atoms with Crippen molar-refractivity contribution in [3.63, 3.8) is 0 Å². The third-order valence-electron chi connectivity index (χ3n) is 5.51. The molecule has 0 radical (unpaired) electrons. The summed E-state index contributed by atoms with van der Waals surface area (Å²) >= 11 is 1.32. The number of benzene rings is 1. The summed E-state index contributed by atoms with van der Waals surface area (Å²) in [4.78, 5) is 25.2.